The van der Waals surface area contributed by atoms with Gasteiger partial charge in [0.1, 0.15) is 11.9 Å². The number of hydrogen-bond donors (Lipinski definition) is 2. The first-order chi connectivity index (χ1) is 13.2. The summed E-state index contributed by atoms with van der Waals surface area (Å²) in [6, 6.07) is 9.11. The molecule has 0 amide bonds. The third kappa shape index (κ3) is 3.92. The van der Waals surface area contributed by atoms with Crippen molar-refractivity contribution in [2.75, 3.05) is 0 Å². The van der Waals surface area contributed by atoms with Gasteiger partial charge in [0.15, 0.2) is 0 Å². The lowest BCUT2D eigenvalue weighted by Crippen LogP contribution is -2.60. The first-order valence-electron chi connectivity index (χ1n) is 9.58. The summed E-state index contributed by atoms with van der Waals surface area (Å²) in [4.78, 5) is 4.14. The van der Waals surface area contributed by atoms with E-state index in [4.69, 9.17) is 4.74 Å². The largest absolute Gasteiger partial charge is 0.507 e. The normalized spacial score (nSPS) is 18.9. The van der Waals surface area contributed by atoms with Crippen LogP contribution in [0.1, 0.15) is 40.5 Å². The molecule has 1 saturated heterocycles. The van der Waals surface area contributed by atoms with Crippen molar-refractivity contribution in [1.29, 1.82) is 0 Å². The number of fused-ring (bicyclic) bond motifs is 1. The third-order valence-corrected chi connectivity index (χ3v) is 5.11. The number of benzene rings is 1. The summed E-state index contributed by atoms with van der Waals surface area (Å²) in [5.41, 5.74) is 1.24. The van der Waals surface area contributed by atoms with Crippen molar-refractivity contribution in [2.45, 2.75) is 57.7 Å². The molecule has 0 atom stereocenters. The molecule has 6 nitrogen and oxygen atoms in total. The molecule has 6 heteroatoms. The van der Waals surface area contributed by atoms with Crippen molar-refractivity contribution < 1.29 is 9.84 Å². The van der Waals surface area contributed by atoms with Crippen molar-refractivity contribution in [1.82, 2.24) is 20.5 Å². The second-order valence-electron chi connectivity index (χ2n) is 8.89. The fourth-order valence-electron chi connectivity index (χ4n) is 4.34. The lowest BCUT2D eigenvalue weighted by atomic mass is 9.81. The number of piperidine rings is 1. The van der Waals surface area contributed by atoms with Gasteiger partial charge in [0.05, 0.1) is 5.69 Å². The number of hydrogen-bond acceptors (Lipinski definition) is 6. The number of phenols is 1. The van der Waals surface area contributed by atoms with E-state index in [0.717, 1.165) is 23.6 Å². The molecule has 1 aliphatic rings. The fraction of sp³-hybridized carbons (Fsp3) is 0.409. The van der Waals surface area contributed by atoms with Gasteiger partial charge in [0, 0.05) is 53.3 Å². The minimum atomic E-state index is 0.00467. The minimum Gasteiger partial charge on any atom is -0.507 e. The van der Waals surface area contributed by atoms with Crippen LogP contribution in [0.2, 0.25) is 0 Å². The van der Waals surface area contributed by atoms with E-state index in [1.54, 1.807) is 18.5 Å². The number of pyridine rings is 1. The number of rotatable bonds is 3. The standard InChI is InChI=1S/C22H26N4O2/c1-21(2)11-16(12-22(3,4)26-21)28-20-6-5-18(24-25-20)17-9-15-13-23-8-7-14(15)10-19(17)27/h5-10,13,16,26-27H,11-12H2,1-4H3. The molecular formula is C22H26N4O2. The summed E-state index contributed by atoms with van der Waals surface area (Å²) in [7, 11) is 0. The summed E-state index contributed by atoms with van der Waals surface area (Å²) < 4.78 is 6.13. The molecule has 0 saturated carbocycles. The van der Waals surface area contributed by atoms with E-state index in [9.17, 15) is 5.11 Å². The zero-order valence-corrected chi connectivity index (χ0v) is 16.7. The SMILES string of the molecule is CC1(C)CC(Oc2ccc(-c3cc4cnccc4cc3O)nn2)CC(C)(C)N1. The number of aromatic nitrogens is 3. The Bertz CT molecular complexity index is 983. The van der Waals surface area contributed by atoms with Crippen LogP contribution >= 0.6 is 0 Å². The van der Waals surface area contributed by atoms with Crippen LogP contribution in [0.25, 0.3) is 22.0 Å². The summed E-state index contributed by atoms with van der Waals surface area (Å²) in [5, 5.41) is 24.4. The number of nitrogens with zero attached hydrogens (tertiary/aromatic N) is 3. The van der Waals surface area contributed by atoms with E-state index in [-0.39, 0.29) is 22.9 Å². The van der Waals surface area contributed by atoms with E-state index in [1.165, 1.54) is 0 Å². The highest BCUT2D eigenvalue weighted by Crippen LogP contribution is 2.33. The van der Waals surface area contributed by atoms with E-state index in [2.05, 4.69) is 48.2 Å². The molecule has 146 valence electrons. The molecule has 1 aliphatic heterocycles. The second-order valence-corrected chi connectivity index (χ2v) is 8.89. The molecule has 0 radical (unpaired) electrons. The topological polar surface area (TPSA) is 80.2 Å². The predicted molar refractivity (Wildman–Crippen MR) is 109 cm³/mol. The molecule has 1 fully saturated rings. The van der Waals surface area contributed by atoms with Gasteiger partial charge in [0.25, 0.3) is 0 Å². The quantitative estimate of drug-likeness (QED) is 0.715. The molecule has 0 bridgehead atoms. The first kappa shape index (κ1) is 18.6. The lowest BCUT2D eigenvalue weighted by molar-refractivity contribution is 0.0524. The van der Waals surface area contributed by atoms with Crippen LogP contribution in [0.3, 0.4) is 0 Å². The van der Waals surface area contributed by atoms with Gasteiger partial charge in [-0.1, -0.05) is 0 Å². The Hall–Kier alpha value is -2.73. The highest BCUT2D eigenvalue weighted by atomic mass is 16.5. The van der Waals surface area contributed by atoms with Gasteiger partial charge in [-0.05, 0) is 57.3 Å². The maximum absolute atomic E-state index is 10.4. The Labute approximate surface area is 165 Å². The van der Waals surface area contributed by atoms with Crippen LogP contribution in [-0.4, -0.2) is 37.5 Å². The summed E-state index contributed by atoms with van der Waals surface area (Å²) in [6.45, 7) is 8.76. The molecule has 4 rings (SSSR count). The van der Waals surface area contributed by atoms with Crippen molar-refractivity contribution >= 4 is 10.8 Å². The van der Waals surface area contributed by atoms with Crippen molar-refractivity contribution in [3.63, 3.8) is 0 Å². The molecule has 0 spiro atoms. The average Bonchev–Trinajstić information content (AvgIpc) is 2.59. The Morgan fingerprint density at radius 2 is 1.75 bits per heavy atom. The van der Waals surface area contributed by atoms with Crippen LogP contribution in [0.15, 0.2) is 42.7 Å². The molecule has 3 aromatic rings. The van der Waals surface area contributed by atoms with Crippen LogP contribution in [0, 0.1) is 0 Å². The summed E-state index contributed by atoms with van der Waals surface area (Å²) in [5.74, 6) is 0.674. The van der Waals surface area contributed by atoms with Crippen LogP contribution in [0.4, 0.5) is 0 Å². The Kier molecular flexibility index (Phi) is 4.46. The van der Waals surface area contributed by atoms with Gasteiger partial charge < -0.3 is 15.2 Å². The average molecular weight is 378 g/mol. The number of aromatic hydroxyl groups is 1. The van der Waals surface area contributed by atoms with Gasteiger partial charge in [-0.3, -0.25) is 4.98 Å². The summed E-state index contributed by atoms with van der Waals surface area (Å²) in [6.07, 6.45) is 5.35. The molecule has 2 N–H and O–H groups in total. The second kappa shape index (κ2) is 6.71. The van der Waals surface area contributed by atoms with E-state index in [0.29, 0.717) is 17.1 Å². The minimum absolute atomic E-state index is 0.00467. The van der Waals surface area contributed by atoms with Crippen molar-refractivity contribution in [2.24, 2.45) is 0 Å². The first-order valence-corrected chi connectivity index (χ1v) is 9.58. The number of phenolic OH excluding ortho intramolecular Hbond substituents is 1. The van der Waals surface area contributed by atoms with E-state index < -0.39 is 0 Å². The Balaban J connectivity index is 1.55. The van der Waals surface area contributed by atoms with Gasteiger partial charge in [0.2, 0.25) is 5.88 Å². The zero-order chi connectivity index (χ0) is 19.9. The monoisotopic (exact) mass is 378 g/mol. The summed E-state index contributed by atoms with van der Waals surface area (Å²) >= 11 is 0. The van der Waals surface area contributed by atoms with Crippen molar-refractivity contribution in [3.05, 3.63) is 42.7 Å². The smallest absolute Gasteiger partial charge is 0.233 e. The molecule has 0 unspecified atom stereocenters. The maximum atomic E-state index is 10.4. The van der Waals surface area contributed by atoms with Gasteiger partial charge in [-0.25, -0.2) is 0 Å². The van der Waals surface area contributed by atoms with Crippen LogP contribution in [0.5, 0.6) is 11.6 Å². The Morgan fingerprint density at radius 1 is 1.00 bits per heavy atom. The molecule has 0 aliphatic carbocycles. The molecular weight excluding hydrogens is 352 g/mol. The molecule has 2 aromatic heterocycles. The van der Waals surface area contributed by atoms with Gasteiger partial charge in [-0.15, -0.1) is 10.2 Å². The zero-order valence-electron chi connectivity index (χ0n) is 16.7. The number of ether oxygens (including phenoxy) is 1. The maximum Gasteiger partial charge on any atom is 0.233 e. The molecule has 1 aromatic carbocycles. The van der Waals surface area contributed by atoms with Crippen molar-refractivity contribution in [3.8, 4) is 22.9 Å². The highest BCUT2D eigenvalue weighted by Gasteiger charge is 2.38. The van der Waals surface area contributed by atoms with Crippen LogP contribution in [-0.2, 0) is 0 Å². The van der Waals surface area contributed by atoms with Gasteiger partial charge in [-0.2, -0.15) is 0 Å². The van der Waals surface area contributed by atoms with Gasteiger partial charge >= 0.3 is 0 Å². The lowest BCUT2D eigenvalue weighted by Gasteiger charge is -2.46. The molecule has 28 heavy (non-hydrogen) atoms. The van der Waals surface area contributed by atoms with E-state index >= 15 is 0 Å². The third-order valence-electron chi connectivity index (χ3n) is 5.11. The molecule has 3 heterocycles. The fourth-order valence-corrected chi connectivity index (χ4v) is 4.34. The van der Waals surface area contributed by atoms with Crippen LogP contribution < -0.4 is 10.1 Å². The Morgan fingerprint density at radius 3 is 2.43 bits per heavy atom. The predicted octanol–water partition coefficient (Wildman–Crippen LogP) is 4.09. The van der Waals surface area contributed by atoms with E-state index in [1.807, 2.05) is 24.3 Å². The highest BCUT2D eigenvalue weighted by molar-refractivity contribution is 5.89. The number of nitrogens with one attached hydrogen (secondary N) is 1.